The maximum Gasteiger partial charge on any atom is 0.317 e. The van der Waals surface area contributed by atoms with E-state index in [4.69, 9.17) is 10.8 Å². The molecular formula is C14H23N3O4. The molecule has 118 valence electrons. The van der Waals surface area contributed by atoms with Crippen LogP contribution in [-0.4, -0.2) is 47.5 Å². The average molecular weight is 297 g/mol. The van der Waals surface area contributed by atoms with E-state index in [9.17, 15) is 14.4 Å². The Hall–Kier alpha value is -1.79. The second-order valence-electron chi connectivity index (χ2n) is 5.99. The number of piperidine rings is 1. The number of primary amides is 1. The molecule has 2 aliphatic rings. The average Bonchev–Trinajstić information content (AvgIpc) is 2.93. The first-order valence-electron chi connectivity index (χ1n) is 7.54. The van der Waals surface area contributed by atoms with Gasteiger partial charge < -0.3 is 21.1 Å². The SMILES string of the molecule is NC(=O)C1CCN(C(=O)NCC2CCCC2C(=O)O)CC1. The van der Waals surface area contributed by atoms with E-state index in [0.717, 1.165) is 12.8 Å². The number of carbonyl (C=O) groups excluding carboxylic acids is 2. The summed E-state index contributed by atoms with van der Waals surface area (Å²) in [7, 11) is 0. The van der Waals surface area contributed by atoms with E-state index in [-0.39, 0.29) is 29.7 Å². The number of nitrogens with one attached hydrogen (secondary N) is 1. The molecule has 0 aromatic rings. The highest BCUT2D eigenvalue weighted by atomic mass is 16.4. The molecule has 1 saturated heterocycles. The Labute approximate surface area is 123 Å². The minimum Gasteiger partial charge on any atom is -0.481 e. The Morgan fingerprint density at radius 3 is 2.38 bits per heavy atom. The first-order chi connectivity index (χ1) is 9.99. The summed E-state index contributed by atoms with van der Waals surface area (Å²) in [4.78, 5) is 35.9. The van der Waals surface area contributed by atoms with Gasteiger partial charge in [-0.3, -0.25) is 9.59 Å². The fraction of sp³-hybridized carbons (Fsp3) is 0.786. The first kappa shape index (κ1) is 15.6. The predicted molar refractivity (Wildman–Crippen MR) is 75.4 cm³/mol. The number of carboxylic acid groups (broad SMARTS) is 1. The standard InChI is InChI=1S/C14H23N3O4/c15-12(18)9-4-6-17(7-5-9)14(21)16-8-10-2-1-3-11(10)13(19)20/h9-11H,1-8H2,(H2,15,18)(H,16,21)(H,19,20). The number of urea groups is 1. The number of rotatable bonds is 4. The summed E-state index contributed by atoms with van der Waals surface area (Å²) in [6, 6.07) is -0.172. The normalized spacial score (nSPS) is 26.6. The van der Waals surface area contributed by atoms with Crippen molar-refractivity contribution in [1.82, 2.24) is 10.2 Å². The van der Waals surface area contributed by atoms with Crippen LogP contribution in [0.25, 0.3) is 0 Å². The summed E-state index contributed by atoms with van der Waals surface area (Å²) in [5.41, 5.74) is 5.26. The minimum absolute atomic E-state index is 0.0228. The van der Waals surface area contributed by atoms with Crippen LogP contribution in [0.15, 0.2) is 0 Å². The summed E-state index contributed by atoms with van der Waals surface area (Å²) >= 11 is 0. The molecule has 7 nitrogen and oxygen atoms in total. The Morgan fingerprint density at radius 1 is 1.14 bits per heavy atom. The van der Waals surface area contributed by atoms with Crippen molar-refractivity contribution in [1.29, 1.82) is 0 Å². The van der Waals surface area contributed by atoms with Gasteiger partial charge in [0.1, 0.15) is 0 Å². The number of likely N-dealkylation sites (tertiary alicyclic amines) is 1. The van der Waals surface area contributed by atoms with Gasteiger partial charge in [0.05, 0.1) is 5.92 Å². The summed E-state index contributed by atoms with van der Waals surface area (Å²) in [5, 5.41) is 11.9. The van der Waals surface area contributed by atoms with Gasteiger partial charge in [0.2, 0.25) is 5.91 Å². The van der Waals surface area contributed by atoms with E-state index >= 15 is 0 Å². The molecule has 21 heavy (non-hydrogen) atoms. The molecule has 2 fully saturated rings. The van der Waals surface area contributed by atoms with Crippen LogP contribution in [0.1, 0.15) is 32.1 Å². The highest BCUT2D eigenvalue weighted by Crippen LogP contribution is 2.31. The quantitative estimate of drug-likeness (QED) is 0.696. The Balaban J connectivity index is 1.75. The fourth-order valence-corrected chi connectivity index (χ4v) is 3.30. The lowest BCUT2D eigenvalue weighted by molar-refractivity contribution is -0.142. The van der Waals surface area contributed by atoms with Gasteiger partial charge in [0.25, 0.3) is 0 Å². The number of nitrogens with two attached hydrogens (primary N) is 1. The molecule has 2 unspecified atom stereocenters. The monoisotopic (exact) mass is 297 g/mol. The lowest BCUT2D eigenvalue weighted by Crippen LogP contribution is -2.47. The van der Waals surface area contributed by atoms with E-state index in [1.807, 2.05) is 0 Å². The van der Waals surface area contributed by atoms with Crippen LogP contribution in [-0.2, 0) is 9.59 Å². The summed E-state index contributed by atoms with van der Waals surface area (Å²) in [6.07, 6.45) is 3.65. The van der Waals surface area contributed by atoms with Crippen LogP contribution in [0.2, 0.25) is 0 Å². The first-order valence-corrected chi connectivity index (χ1v) is 7.54. The third-order valence-electron chi connectivity index (χ3n) is 4.68. The molecule has 2 rings (SSSR count). The summed E-state index contributed by atoms with van der Waals surface area (Å²) in [6.45, 7) is 1.45. The van der Waals surface area contributed by atoms with Gasteiger partial charge >= 0.3 is 12.0 Å². The maximum absolute atomic E-state index is 12.1. The molecule has 7 heteroatoms. The molecule has 0 radical (unpaired) electrons. The number of aliphatic carboxylic acids is 1. The van der Waals surface area contributed by atoms with E-state index in [0.29, 0.717) is 38.9 Å². The molecule has 1 saturated carbocycles. The van der Waals surface area contributed by atoms with Crippen LogP contribution in [0, 0.1) is 17.8 Å². The van der Waals surface area contributed by atoms with Crippen molar-refractivity contribution < 1.29 is 19.5 Å². The molecule has 4 N–H and O–H groups in total. The largest absolute Gasteiger partial charge is 0.481 e. The highest BCUT2D eigenvalue weighted by molar-refractivity contribution is 5.78. The molecule has 1 aliphatic carbocycles. The minimum atomic E-state index is -0.769. The number of carbonyl (C=O) groups is 3. The molecule has 0 bridgehead atoms. The zero-order valence-electron chi connectivity index (χ0n) is 12.1. The van der Waals surface area contributed by atoms with Gasteiger partial charge in [0, 0.05) is 25.6 Å². The molecule has 0 spiro atoms. The molecule has 2 atom stereocenters. The van der Waals surface area contributed by atoms with Gasteiger partial charge in [0.15, 0.2) is 0 Å². The molecule has 0 aromatic carbocycles. The second-order valence-corrected chi connectivity index (χ2v) is 5.99. The molecule has 3 amide bonds. The second kappa shape index (κ2) is 6.78. The summed E-state index contributed by atoms with van der Waals surface area (Å²) < 4.78 is 0. The Kier molecular flexibility index (Phi) is 5.03. The van der Waals surface area contributed by atoms with Gasteiger partial charge in [-0.15, -0.1) is 0 Å². The van der Waals surface area contributed by atoms with Gasteiger partial charge in [-0.2, -0.15) is 0 Å². The maximum atomic E-state index is 12.1. The van der Waals surface area contributed by atoms with Crippen molar-refractivity contribution >= 4 is 17.9 Å². The Morgan fingerprint density at radius 2 is 1.81 bits per heavy atom. The third kappa shape index (κ3) is 3.86. The van der Waals surface area contributed by atoms with Crippen molar-refractivity contribution in [2.45, 2.75) is 32.1 Å². The van der Waals surface area contributed by atoms with E-state index < -0.39 is 5.97 Å². The van der Waals surface area contributed by atoms with Crippen molar-refractivity contribution in [3.05, 3.63) is 0 Å². The smallest absolute Gasteiger partial charge is 0.317 e. The molecule has 1 aliphatic heterocycles. The van der Waals surface area contributed by atoms with Crippen LogP contribution >= 0.6 is 0 Å². The predicted octanol–water partition coefficient (Wildman–Crippen LogP) is 0.394. The fourth-order valence-electron chi connectivity index (χ4n) is 3.30. The van der Waals surface area contributed by atoms with E-state index in [2.05, 4.69) is 5.32 Å². The van der Waals surface area contributed by atoms with Crippen molar-refractivity contribution in [2.24, 2.45) is 23.5 Å². The van der Waals surface area contributed by atoms with Crippen molar-refractivity contribution in [3.63, 3.8) is 0 Å². The number of hydrogen-bond donors (Lipinski definition) is 3. The zero-order chi connectivity index (χ0) is 15.4. The molecular weight excluding hydrogens is 274 g/mol. The number of carboxylic acids is 1. The van der Waals surface area contributed by atoms with Crippen LogP contribution < -0.4 is 11.1 Å². The highest BCUT2D eigenvalue weighted by Gasteiger charge is 2.33. The zero-order valence-corrected chi connectivity index (χ0v) is 12.1. The lowest BCUT2D eigenvalue weighted by atomic mass is 9.96. The summed E-state index contributed by atoms with van der Waals surface area (Å²) in [5.74, 6) is -1.53. The Bertz CT molecular complexity index is 418. The van der Waals surface area contributed by atoms with E-state index in [1.54, 1.807) is 4.90 Å². The topological polar surface area (TPSA) is 113 Å². The lowest BCUT2D eigenvalue weighted by Gasteiger charge is -2.31. The van der Waals surface area contributed by atoms with E-state index in [1.165, 1.54) is 0 Å². The van der Waals surface area contributed by atoms with Crippen LogP contribution in [0.5, 0.6) is 0 Å². The molecule has 1 heterocycles. The van der Waals surface area contributed by atoms with Crippen molar-refractivity contribution in [3.8, 4) is 0 Å². The van der Waals surface area contributed by atoms with Gasteiger partial charge in [-0.25, -0.2) is 4.79 Å². The van der Waals surface area contributed by atoms with Crippen molar-refractivity contribution in [2.75, 3.05) is 19.6 Å². The van der Waals surface area contributed by atoms with Crippen LogP contribution in [0.4, 0.5) is 4.79 Å². The van der Waals surface area contributed by atoms with Gasteiger partial charge in [-0.1, -0.05) is 6.42 Å². The number of amides is 3. The number of nitrogens with zero attached hydrogens (tertiary/aromatic N) is 1. The third-order valence-corrected chi connectivity index (χ3v) is 4.68. The number of hydrogen-bond acceptors (Lipinski definition) is 3. The molecule has 0 aromatic heterocycles. The van der Waals surface area contributed by atoms with Crippen LogP contribution in [0.3, 0.4) is 0 Å². The van der Waals surface area contributed by atoms with Gasteiger partial charge in [-0.05, 0) is 31.6 Å².